The normalized spacial score (nSPS) is 29.0. The lowest BCUT2D eigenvalue weighted by Gasteiger charge is -2.59. The van der Waals surface area contributed by atoms with Crippen molar-refractivity contribution < 1.29 is 32.3 Å². The number of aliphatic hydroxyl groups excluding tert-OH is 1. The van der Waals surface area contributed by atoms with Crippen LogP contribution in [0, 0.1) is 11.2 Å². The van der Waals surface area contributed by atoms with Crippen molar-refractivity contribution in [3.63, 3.8) is 0 Å². The SMILES string of the molecule is O=C(N[C@H]1CC[C@H](c2nnc(CO)o2)CC1)[C@@H]1NC2(CC(CF)(CF)C2)[C@@]2(C(=O)Nc3cc(Cl)ccc32)[C@H]1c1cccc(Cl)c1F. The van der Waals surface area contributed by atoms with Crippen LogP contribution in [0.5, 0.6) is 0 Å². The van der Waals surface area contributed by atoms with Crippen LogP contribution in [0.1, 0.15) is 73.3 Å². The van der Waals surface area contributed by atoms with E-state index in [2.05, 4.69) is 26.1 Å². The van der Waals surface area contributed by atoms with Gasteiger partial charge < -0.3 is 20.2 Å². The molecule has 7 rings (SSSR count). The van der Waals surface area contributed by atoms with Gasteiger partial charge in [-0.15, -0.1) is 10.2 Å². The number of benzene rings is 2. The minimum atomic E-state index is -1.62. The third-order valence-corrected chi connectivity index (χ3v) is 11.1. The molecule has 14 heteroatoms. The molecule has 2 saturated carbocycles. The quantitative estimate of drug-likeness (QED) is 0.269. The molecule has 9 nitrogen and oxygen atoms in total. The first-order chi connectivity index (χ1) is 22.1. The molecule has 0 unspecified atom stereocenters. The maximum absolute atomic E-state index is 16.0. The van der Waals surface area contributed by atoms with Gasteiger partial charge in [0.25, 0.3) is 0 Å². The number of hydrogen-bond acceptors (Lipinski definition) is 7. The number of nitrogens with one attached hydrogen (secondary N) is 3. The Morgan fingerprint density at radius 2 is 1.83 bits per heavy atom. The summed E-state index contributed by atoms with van der Waals surface area (Å²) >= 11 is 12.6. The van der Waals surface area contributed by atoms with Crippen molar-refractivity contribution >= 4 is 40.7 Å². The molecular formula is C32H32Cl2F3N5O4. The Labute approximate surface area is 272 Å². The van der Waals surface area contributed by atoms with Crippen LogP contribution in [0.4, 0.5) is 18.9 Å². The molecule has 244 valence electrons. The summed E-state index contributed by atoms with van der Waals surface area (Å²) in [7, 11) is 0. The van der Waals surface area contributed by atoms with E-state index in [1.165, 1.54) is 12.1 Å². The van der Waals surface area contributed by atoms with Gasteiger partial charge in [0.05, 0.1) is 24.4 Å². The van der Waals surface area contributed by atoms with E-state index in [-0.39, 0.29) is 47.9 Å². The van der Waals surface area contributed by atoms with Gasteiger partial charge in [-0.25, -0.2) is 4.39 Å². The Hall–Kier alpha value is -3.19. The van der Waals surface area contributed by atoms with E-state index in [0.717, 1.165) is 0 Å². The van der Waals surface area contributed by atoms with Crippen LogP contribution in [0.15, 0.2) is 40.8 Å². The van der Waals surface area contributed by atoms with Gasteiger partial charge in [-0.2, -0.15) is 0 Å². The Balaban J connectivity index is 1.27. The summed E-state index contributed by atoms with van der Waals surface area (Å²) < 4.78 is 50.3. The van der Waals surface area contributed by atoms with Crippen molar-refractivity contribution in [1.29, 1.82) is 0 Å². The number of carbonyl (C=O) groups is 2. The average molecular weight is 679 g/mol. The second-order valence-electron chi connectivity index (χ2n) is 13.1. The van der Waals surface area contributed by atoms with Crippen molar-refractivity contribution in [2.24, 2.45) is 5.41 Å². The zero-order valence-corrected chi connectivity index (χ0v) is 26.1. The minimum Gasteiger partial charge on any atom is -0.422 e. The molecule has 3 heterocycles. The van der Waals surface area contributed by atoms with Crippen LogP contribution in [-0.2, 0) is 21.6 Å². The predicted molar refractivity (Wildman–Crippen MR) is 163 cm³/mol. The zero-order chi connectivity index (χ0) is 32.4. The van der Waals surface area contributed by atoms with Gasteiger partial charge in [-0.1, -0.05) is 41.4 Å². The average Bonchev–Trinajstić information content (AvgIpc) is 3.72. The summed E-state index contributed by atoms with van der Waals surface area (Å²) in [6, 6.07) is 7.90. The molecule has 3 atom stereocenters. The first-order valence-corrected chi connectivity index (χ1v) is 16.0. The molecule has 2 aromatic carbocycles. The lowest BCUT2D eigenvalue weighted by atomic mass is 9.46. The second kappa shape index (κ2) is 11.5. The Morgan fingerprint density at radius 1 is 1.09 bits per heavy atom. The molecule has 3 aromatic rings. The zero-order valence-electron chi connectivity index (χ0n) is 24.6. The van der Waals surface area contributed by atoms with E-state index in [9.17, 15) is 23.5 Å². The van der Waals surface area contributed by atoms with Crippen LogP contribution in [0.25, 0.3) is 0 Å². The molecule has 1 aromatic heterocycles. The number of fused-ring (bicyclic) bond motifs is 3. The highest BCUT2D eigenvalue weighted by Gasteiger charge is 2.78. The fraction of sp³-hybridized carbons (Fsp3) is 0.500. The summed E-state index contributed by atoms with van der Waals surface area (Å²) in [5.74, 6) is -2.32. The van der Waals surface area contributed by atoms with E-state index in [1.54, 1.807) is 24.3 Å². The second-order valence-corrected chi connectivity index (χ2v) is 14.0. The van der Waals surface area contributed by atoms with Crippen LogP contribution < -0.4 is 16.0 Å². The highest BCUT2D eigenvalue weighted by Crippen LogP contribution is 2.68. The number of anilines is 1. The lowest BCUT2D eigenvalue weighted by Crippen LogP contribution is -2.70. The maximum atomic E-state index is 16.0. The number of halogens is 5. The van der Waals surface area contributed by atoms with Crippen LogP contribution >= 0.6 is 23.2 Å². The Morgan fingerprint density at radius 3 is 2.50 bits per heavy atom. The highest BCUT2D eigenvalue weighted by molar-refractivity contribution is 6.31. The van der Waals surface area contributed by atoms with Gasteiger partial charge in [0, 0.05) is 39.5 Å². The number of carbonyl (C=O) groups excluding carboxylic acids is 2. The molecule has 2 aliphatic heterocycles. The monoisotopic (exact) mass is 677 g/mol. The van der Waals surface area contributed by atoms with Gasteiger partial charge >= 0.3 is 0 Å². The van der Waals surface area contributed by atoms with Crippen molar-refractivity contribution in [2.75, 3.05) is 18.7 Å². The van der Waals surface area contributed by atoms with Crippen molar-refractivity contribution in [3.05, 3.63) is 75.2 Å². The van der Waals surface area contributed by atoms with Crippen molar-refractivity contribution in [1.82, 2.24) is 20.8 Å². The standard InChI is InChI=1S/C32H32Cl2F3N5O4/c33-17-6-9-20-22(10-17)39-29(45)32(20)24(19-2-1-3-21(34)25(19)37)26(40-31(32)12-30(13-31,14-35)15-36)27(44)38-18-7-4-16(5-8-18)28-42-41-23(11-43)46-28/h1-3,6,9-10,16,18,24,26,40,43H,4-5,7-8,11-15H2,(H,38,44)(H,39,45)/t16-,18-,24-,26+,32+/m0/s1. The minimum absolute atomic E-state index is 0.0274. The molecule has 4 N–H and O–H groups in total. The lowest BCUT2D eigenvalue weighted by molar-refractivity contribution is -0.131. The van der Waals surface area contributed by atoms with Crippen molar-refractivity contribution in [2.45, 2.75) is 80.0 Å². The predicted octanol–water partition coefficient (Wildman–Crippen LogP) is 5.25. The fourth-order valence-corrected chi connectivity index (χ4v) is 8.98. The molecule has 2 amide bonds. The maximum Gasteiger partial charge on any atom is 0.241 e. The van der Waals surface area contributed by atoms with E-state index >= 15 is 4.39 Å². The number of rotatable bonds is 7. The molecule has 4 aliphatic rings. The third-order valence-electron chi connectivity index (χ3n) is 10.6. The Bertz CT molecular complexity index is 1690. The molecule has 2 spiro atoms. The van der Waals surface area contributed by atoms with Crippen molar-refractivity contribution in [3.8, 4) is 0 Å². The molecule has 0 bridgehead atoms. The number of aliphatic hydroxyl groups is 1. The largest absolute Gasteiger partial charge is 0.422 e. The third kappa shape index (κ3) is 4.58. The molecule has 1 saturated heterocycles. The number of amides is 2. The number of hydrogen-bond donors (Lipinski definition) is 4. The van der Waals surface area contributed by atoms with E-state index in [1.807, 2.05) is 0 Å². The Kier molecular flexibility index (Phi) is 7.85. The van der Waals surface area contributed by atoms with Gasteiger partial charge in [0.2, 0.25) is 23.6 Å². The fourth-order valence-electron chi connectivity index (χ4n) is 8.63. The summed E-state index contributed by atoms with van der Waals surface area (Å²) in [4.78, 5) is 28.7. The molecular weight excluding hydrogens is 646 g/mol. The van der Waals surface area contributed by atoms with Crippen LogP contribution in [0.2, 0.25) is 10.0 Å². The van der Waals surface area contributed by atoms with Gasteiger partial charge in [0.1, 0.15) is 17.8 Å². The molecule has 2 aliphatic carbocycles. The first kappa shape index (κ1) is 31.4. The smallest absolute Gasteiger partial charge is 0.241 e. The number of aromatic nitrogens is 2. The summed E-state index contributed by atoms with van der Waals surface area (Å²) in [6.45, 7) is -2.25. The topological polar surface area (TPSA) is 129 Å². The van der Waals surface area contributed by atoms with E-state index in [4.69, 9.17) is 27.6 Å². The highest BCUT2D eigenvalue weighted by atomic mass is 35.5. The summed E-state index contributed by atoms with van der Waals surface area (Å²) in [5, 5.41) is 26.6. The van der Waals surface area contributed by atoms with Crippen LogP contribution in [0.3, 0.4) is 0 Å². The van der Waals surface area contributed by atoms with Gasteiger partial charge in [-0.05, 0) is 67.9 Å². The summed E-state index contributed by atoms with van der Waals surface area (Å²) in [6.07, 6.45) is 2.28. The number of nitrogens with zero attached hydrogens (tertiary/aromatic N) is 2. The van der Waals surface area contributed by atoms with Gasteiger partial charge in [0.15, 0.2) is 0 Å². The molecule has 46 heavy (non-hydrogen) atoms. The summed E-state index contributed by atoms with van der Waals surface area (Å²) in [5.41, 5.74) is -3.32. The first-order valence-electron chi connectivity index (χ1n) is 15.3. The number of alkyl halides is 2. The van der Waals surface area contributed by atoms with Crippen LogP contribution in [-0.4, -0.2) is 58.1 Å². The molecule has 3 fully saturated rings. The van der Waals surface area contributed by atoms with E-state index in [0.29, 0.717) is 47.8 Å². The van der Waals surface area contributed by atoms with Gasteiger partial charge in [-0.3, -0.25) is 23.7 Å². The molecule has 0 radical (unpaired) electrons. The van der Waals surface area contributed by atoms with E-state index < -0.39 is 59.3 Å².